The molecule has 5 rings (SSSR count). The van der Waals surface area contributed by atoms with E-state index in [1.165, 1.54) is 12.7 Å². The number of amides is 1. The van der Waals surface area contributed by atoms with Gasteiger partial charge < -0.3 is 29.2 Å². The van der Waals surface area contributed by atoms with E-state index in [2.05, 4.69) is 26.2 Å². The Morgan fingerprint density at radius 2 is 1.86 bits per heavy atom. The Hall–Kier alpha value is -3.76. The molecule has 1 aromatic heterocycles. The Bertz CT molecular complexity index is 1280. The fourth-order valence-corrected chi connectivity index (χ4v) is 4.77. The van der Waals surface area contributed by atoms with Crippen LogP contribution in [-0.2, 0) is 16.1 Å². The maximum absolute atomic E-state index is 13.3. The molecule has 0 radical (unpaired) electrons. The second-order valence-electron chi connectivity index (χ2n) is 8.91. The zero-order valence-corrected chi connectivity index (χ0v) is 20.6. The van der Waals surface area contributed by atoms with Gasteiger partial charge in [-0.05, 0) is 36.8 Å². The van der Waals surface area contributed by atoms with E-state index in [9.17, 15) is 9.59 Å². The van der Waals surface area contributed by atoms with Crippen molar-refractivity contribution in [2.24, 2.45) is 0 Å². The topological polar surface area (TPSA) is 105 Å². The number of aromatic nitrogens is 1. The maximum atomic E-state index is 13.3. The summed E-state index contributed by atoms with van der Waals surface area (Å²) in [5.41, 5.74) is 2.40. The largest absolute Gasteiger partial charge is 0.496 e. The Morgan fingerprint density at radius 1 is 1.08 bits per heavy atom. The van der Waals surface area contributed by atoms with Crippen LogP contribution in [0, 0.1) is 0 Å². The Kier molecular flexibility index (Phi) is 6.71. The number of fused-ring (bicyclic) bond motifs is 2. The van der Waals surface area contributed by atoms with Crippen LogP contribution in [0.2, 0.25) is 0 Å². The van der Waals surface area contributed by atoms with E-state index in [-0.39, 0.29) is 24.4 Å². The molecule has 1 fully saturated rings. The zero-order chi connectivity index (χ0) is 25.2. The molecule has 36 heavy (non-hydrogen) atoms. The van der Waals surface area contributed by atoms with Gasteiger partial charge in [-0.2, -0.15) is 0 Å². The number of nitrogens with zero attached hydrogens (tertiary/aromatic N) is 2. The van der Waals surface area contributed by atoms with Crippen molar-refractivity contribution in [3.8, 4) is 17.2 Å². The van der Waals surface area contributed by atoms with Gasteiger partial charge in [-0.25, -0.2) is 4.79 Å². The Balaban J connectivity index is 1.25. The van der Waals surface area contributed by atoms with E-state index >= 15 is 0 Å². The minimum atomic E-state index is -0.562. The van der Waals surface area contributed by atoms with Gasteiger partial charge in [0.1, 0.15) is 11.4 Å². The van der Waals surface area contributed by atoms with Gasteiger partial charge in [0, 0.05) is 32.7 Å². The fraction of sp³-hybridized carbons (Fsp3) is 0.385. The first-order chi connectivity index (χ1) is 17.5. The molecule has 0 aliphatic carbocycles. The predicted molar refractivity (Wildman–Crippen MR) is 134 cm³/mol. The number of methoxy groups -OCH3 is 2. The number of aromatic amines is 1. The first-order valence-electron chi connectivity index (χ1n) is 11.9. The number of nitrogens with one attached hydrogen (secondary N) is 2. The van der Waals surface area contributed by atoms with Crippen LogP contribution >= 0.6 is 0 Å². The maximum Gasteiger partial charge on any atom is 0.356 e. The lowest BCUT2D eigenvalue weighted by Crippen LogP contribution is -2.52. The lowest BCUT2D eigenvalue weighted by atomic mass is 10.1. The summed E-state index contributed by atoms with van der Waals surface area (Å²) in [6.07, 6.45) is 0. The van der Waals surface area contributed by atoms with Crippen molar-refractivity contribution in [1.29, 1.82) is 0 Å². The number of esters is 1. The fourth-order valence-electron chi connectivity index (χ4n) is 4.77. The van der Waals surface area contributed by atoms with Gasteiger partial charge in [0.2, 0.25) is 12.7 Å². The number of hydrogen-bond acceptors (Lipinski definition) is 8. The van der Waals surface area contributed by atoms with Crippen LogP contribution in [-0.4, -0.2) is 79.9 Å². The molecule has 10 heteroatoms. The summed E-state index contributed by atoms with van der Waals surface area (Å²) >= 11 is 0. The van der Waals surface area contributed by atoms with Crippen LogP contribution in [0.3, 0.4) is 0 Å². The smallest absolute Gasteiger partial charge is 0.356 e. The standard InChI is InChI=1S/C26H30N4O6/c1-16(30-11-9-29(10-12-30)14-17-7-8-19-21(13-17)36-15-35-19)25(31)28-23-22-18(5-4-6-20(22)33-2)27-24(23)26(32)34-3/h4-8,13,16,27H,9-12,14-15H2,1-3H3,(H,28,31). The highest BCUT2D eigenvalue weighted by molar-refractivity contribution is 6.13. The number of anilines is 1. The van der Waals surface area contributed by atoms with Gasteiger partial charge in [0.05, 0.1) is 36.9 Å². The number of H-pyrrole nitrogens is 1. The van der Waals surface area contributed by atoms with Crippen LogP contribution in [0.1, 0.15) is 23.0 Å². The predicted octanol–water partition coefficient (Wildman–Crippen LogP) is 2.84. The highest BCUT2D eigenvalue weighted by Gasteiger charge is 2.29. The molecular weight excluding hydrogens is 464 g/mol. The van der Waals surface area contributed by atoms with Crippen LogP contribution in [0.15, 0.2) is 36.4 Å². The van der Waals surface area contributed by atoms with Gasteiger partial charge in [0.15, 0.2) is 11.5 Å². The quantitative estimate of drug-likeness (QED) is 0.483. The molecule has 0 saturated carbocycles. The molecule has 3 heterocycles. The minimum Gasteiger partial charge on any atom is -0.496 e. The number of piperazine rings is 1. The highest BCUT2D eigenvalue weighted by Crippen LogP contribution is 2.36. The third-order valence-electron chi connectivity index (χ3n) is 6.82. The summed E-state index contributed by atoms with van der Waals surface area (Å²) in [5, 5.41) is 3.60. The average Bonchev–Trinajstić information content (AvgIpc) is 3.52. The molecule has 1 unspecified atom stereocenters. The molecule has 1 saturated heterocycles. The number of ether oxygens (including phenoxy) is 4. The second kappa shape index (κ2) is 10.1. The molecule has 0 bridgehead atoms. The summed E-state index contributed by atoms with van der Waals surface area (Å²) in [6, 6.07) is 11.1. The molecule has 2 aromatic carbocycles. The normalized spacial score (nSPS) is 16.6. The van der Waals surface area contributed by atoms with Gasteiger partial charge in [-0.3, -0.25) is 14.6 Å². The molecule has 0 spiro atoms. The monoisotopic (exact) mass is 494 g/mol. The average molecular weight is 495 g/mol. The van der Waals surface area contributed by atoms with Crippen molar-refractivity contribution in [2.75, 3.05) is 52.5 Å². The van der Waals surface area contributed by atoms with E-state index in [1.807, 2.05) is 31.2 Å². The van der Waals surface area contributed by atoms with E-state index < -0.39 is 5.97 Å². The third kappa shape index (κ3) is 4.57. The van der Waals surface area contributed by atoms with Crippen molar-refractivity contribution < 1.29 is 28.5 Å². The molecular formula is C26H30N4O6. The summed E-state index contributed by atoms with van der Waals surface area (Å²) < 4.78 is 21.3. The Labute approximate surface area is 209 Å². The van der Waals surface area contributed by atoms with Gasteiger partial charge >= 0.3 is 5.97 Å². The van der Waals surface area contributed by atoms with Crippen LogP contribution in [0.5, 0.6) is 17.2 Å². The molecule has 1 atom stereocenters. The van der Waals surface area contributed by atoms with E-state index in [0.717, 1.165) is 44.2 Å². The summed E-state index contributed by atoms with van der Waals surface area (Å²) in [5.74, 6) is 1.37. The molecule has 3 aromatic rings. The molecule has 1 amide bonds. The molecule has 2 aliphatic rings. The summed E-state index contributed by atoms with van der Waals surface area (Å²) in [7, 11) is 2.86. The lowest BCUT2D eigenvalue weighted by Gasteiger charge is -2.37. The molecule has 2 N–H and O–H groups in total. The highest BCUT2D eigenvalue weighted by atomic mass is 16.7. The van der Waals surface area contributed by atoms with Crippen molar-refractivity contribution >= 4 is 28.5 Å². The number of hydrogen-bond donors (Lipinski definition) is 2. The number of rotatable bonds is 7. The van der Waals surface area contributed by atoms with E-state index in [1.54, 1.807) is 13.2 Å². The first-order valence-corrected chi connectivity index (χ1v) is 11.9. The van der Waals surface area contributed by atoms with Gasteiger partial charge in [0.25, 0.3) is 0 Å². The second-order valence-corrected chi connectivity index (χ2v) is 8.91. The lowest BCUT2D eigenvalue weighted by molar-refractivity contribution is -0.121. The van der Waals surface area contributed by atoms with Gasteiger partial charge in [-0.1, -0.05) is 12.1 Å². The zero-order valence-electron chi connectivity index (χ0n) is 20.6. The minimum absolute atomic E-state index is 0.186. The summed E-state index contributed by atoms with van der Waals surface area (Å²) in [4.78, 5) is 33.3. The van der Waals surface area contributed by atoms with E-state index in [4.69, 9.17) is 18.9 Å². The summed E-state index contributed by atoms with van der Waals surface area (Å²) in [6.45, 7) is 6.13. The van der Waals surface area contributed by atoms with Crippen molar-refractivity contribution in [2.45, 2.75) is 19.5 Å². The van der Waals surface area contributed by atoms with Crippen molar-refractivity contribution in [1.82, 2.24) is 14.8 Å². The number of carbonyl (C=O) groups is 2. The third-order valence-corrected chi connectivity index (χ3v) is 6.82. The van der Waals surface area contributed by atoms with Crippen LogP contribution < -0.4 is 19.5 Å². The van der Waals surface area contributed by atoms with Crippen molar-refractivity contribution in [3.05, 3.63) is 47.7 Å². The van der Waals surface area contributed by atoms with Crippen LogP contribution in [0.25, 0.3) is 10.9 Å². The Morgan fingerprint density at radius 3 is 2.61 bits per heavy atom. The molecule has 2 aliphatic heterocycles. The van der Waals surface area contributed by atoms with E-state index in [0.29, 0.717) is 22.3 Å². The number of carbonyl (C=O) groups excluding carboxylic acids is 2. The van der Waals surface area contributed by atoms with Gasteiger partial charge in [-0.15, -0.1) is 0 Å². The molecule has 190 valence electrons. The van der Waals surface area contributed by atoms with Crippen molar-refractivity contribution in [3.63, 3.8) is 0 Å². The van der Waals surface area contributed by atoms with Crippen LogP contribution in [0.4, 0.5) is 5.69 Å². The molecule has 10 nitrogen and oxygen atoms in total. The number of benzene rings is 2. The first kappa shape index (κ1) is 24.0. The SMILES string of the molecule is COC(=O)c1[nH]c2cccc(OC)c2c1NC(=O)C(C)N1CCN(Cc2ccc3c(c2)OCO3)CC1.